The molecule has 1 aromatic rings. The second-order valence-corrected chi connectivity index (χ2v) is 5.77. The smallest absolute Gasteiger partial charge is 0.376 e. The first-order valence-corrected chi connectivity index (χ1v) is 6.62. The Balaban J connectivity index is 2.93. The number of hydrogen-bond donors (Lipinski definition) is 0. The van der Waals surface area contributed by atoms with Crippen molar-refractivity contribution in [1.82, 2.24) is 0 Å². The summed E-state index contributed by atoms with van der Waals surface area (Å²) in [5, 5.41) is 0. The predicted molar refractivity (Wildman–Crippen MR) is 60.6 cm³/mol. The zero-order valence-electron chi connectivity index (χ0n) is 9.86. The fraction of sp³-hybridized carbons (Fsp3) is 0.455. The topological polar surface area (TPSA) is 43.4 Å². The molecule has 3 nitrogen and oxygen atoms in total. The SMILES string of the molecule is CC(C)Cc1cccc(OS(=O)(=O)C(F)(F)F)c1. The highest BCUT2D eigenvalue weighted by Gasteiger charge is 2.48. The van der Waals surface area contributed by atoms with E-state index in [0.29, 0.717) is 12.3 Å². The lowest BCUT2D eigenvalue weighted by molar-refractivity contribution is -0.0500. The van der Waals surface area contributed by atoms with Crippen LogP contribution >= 0.6 is 0 Å². The van der Waals surface area contributed by atoms with Gasteiger partial charge in [0.1, 0.15) is 5.75 Å². The fourth-order valence-corrected chi connectivity index (χ4v) is 1.82. The van der Waals surface area contributed by atoms with Gasteiger partial charge in [-0.25, -0.2) is 0 Å². The maximum Gasteiger partial charge on any atom is 0.534 e. The van der Waals surface area contributed by atoms with Crippen molar-refractivity contribution in [2.24, 2.45) is 5.92 Å². The van der Waals surface area contributed by atoms with Gasteiger partial charge < -0.3 is 4.18 Å². The first-order chi connectivity index (χ1) is 8.12. The summed E-state index contributed by atoms with van der Waals surface area (Å²) in [7, 11) is -5.60. The fourth-order valence-electron chi connectivity index (χ4n) is 1.37. The molecule has 0 aromatic heterocycles. The van der Waals surface area contributed by atoms with E-state index in [2.05, 4.69) is 4.18 Å². The molecular weight excluding hydrogens is 269 g/mol. The van der Waals surface area contributed by atoms with E-state index in [1.807, 2.05) is 13.8 Å². The Hall–Kier alpha value is -1.24. The zero-order valence-corrected chi connectivity index (χ0v) is 10.7. The van der Waals surface area contributed by atoms with Crippen LogP contribution in [-0.4, -0.2) is 13.9 Å². The highest BCUT2D eigenvalue weighted by atomic mass is 32.2. The molecular formula is C11H13F3O3S. The van der Waals surface area contributed by atoms with Gasteiger partial charge in [-0.3, -0.25) is 0 Å². The summed E-state index contributed by atoms with van der Waals surface area (Å²) in [6.07, 6.45) is 0.628. The third-order valence-corrected chi connectivity index (χ3v) is 3.01. The number of benzene rings is 1. The van der Waals surface area contributed by atoms with Crippen molar-refractivity contribution in [3.8, 4) is 5.75 Å². The van der Waals surface area contributed by atoms with Crippen LogP contribution in [0.4, 0.5) is 13.2 Å². The Kier molecular flexibility index (Phi) is 4.26. The van der Waals surface area contributed by atoms with Gasteiger partial charge >= 0.3 is 15.6 Å². The van der Waals surface area contributed by atoms with Gasteiger partial charge in [-0.1, -0.05) is 26.0 Å². The highest BCUT2D eigenvalue weighted by Crippen LogP contribution is 2.27. The zero-order chi connectivity index (χ0) is 14.0. The molecule has 0 aliphatic rings. The van der Waals surface area contributed by atoms with Crippen LogP contribution in [0, 0.1) is 5.92 Å². The summed E-state index contributed by atoms with van der Waals surface area (Å²) in [5.41, 5.74) is -4.69. The monoisotopic (exact) mass is 282 g/mol. The molecule has 0 spiro atoms. The van der Waals surface area contributed by atoms with E-state index in [4.69, 9.17) is 0 Å². The predicted octanol–water partition coefficient (Wildman–Crippen LogP) is 3.11. The molecule has 0 N–H and O–H groups in total. The average molecular weight is 282 g/mol. The molecule has 0 fully saturated rings. The largest absolute Gasteiger partial charge is 0.534 e. The van der Waals surface area contributed by atoms with E-state index in [1.165, 1.54) is 18.2 Å². The van der Waals surface area contributed by atoms with Gasteiger partial charge in [0.2, 0.25) is 0 Å². The van der Waals surface area contributed by atoms with Crippen molar-refractivity contribution in [3.05, 3.63) is 29.8 Å². The maximum atomic E-state index is 12.1. The molecule has 102 valence electrons. The Morgan fingerprint density at radius 2 is 1.89 bits per heavy atom. The van der Waals surface area contributed by atoms with Crippen LogP contribution in [0.1, 0.15) is 19.4 Å². The van der Waals surface area contributed by atoms with E-state index >= 15 is 0 Å². The lowest BCUT2D eigenvalue weighted by atomic mass is 10.0. The van der Waals surface area contributed by atoms with Crippen LogP contribution in [-0.2, 0) is 16.5 Å². The van der Waals surface area contributed by atoms with Crippen LogP contribution in [0.3, 0.4) is 0 Å². The highest BCUT2D eigenvalue weighted by molar-refractivity contribution is 7.87. The molecule has 0 aliphatic heterocycles. The summed E-state index contributed by atoms with van der Waals surface area (Å²) >= 11 is 0. The van der Waals surface area contributed by atoms with Crippen LogP contribution in [0.25, 0.3) is 0 Å². The average Bonchev–Trinajstić information content (AvgIpc) is 2.14. The standard InChI is InChI=1S/C11H13F3O3S/c1-8(2)6-9-4-3-5-10(7-9)17-18(15,16)11(12,13)14/h3-5,7-8H,6H2,1-2H3. The number of hydrogen-bond acceptors (Lipinski definition) is 3. The summed E-state index contributed by atoms with van der Waals surface area (Å²) in [5.74, 6) is -0.0232. The Bertz CT molecular complexity index is 507. The van der Waals surface area contributed by atoms with Crippen molar-refractivity contribution in [2.75, 3.05) is 0 Å². The summed E-state index contributed by atoms with van der Waals surface area (Å²) in [6.45, 7) is 3.89. The second kappa shape index (κ2) is 5.17. The third-order valence-electron chi connectivity index (χ3n) is 2.03. The summed E-state index contributed by atoms with van der Waals surface area (Å²) < 4.78 is 62.0. The molecule has 0 amide bonds. The third kappa shape index (κ3) is 3.90. The molecule has 7 heteroatoms. The van der Waals surface area contributed by atoms with E-state index in [0.717, 1.165) is 5.56 Å². The van der Waals surface area contributed by atoms with Gasteiger partial charge in [-0.15, -0.1) is 0 Å². The summed E-state index contributed by atoms with van der Waals surface area (Å²) in [4.78, 5) is 0. The van der Waals surface area contributed by atoms with Crippen molar-refractivity contribution in [3.63, 3.8) is 0 Å². The Morgan fingerprint density at radius 3 is 2.39 bits per heavy atom. The van der Waals surface area contributed by atoms with Gasteiger partial charge in [0.25, 0.3) is 0 Å². The quantitative estimate of drug-likeness (QED) is 0.629. The van der Waals surface area contributed by atoms with Crippen LogP contribution in [0.5, 0.6) is 5.75 Å². The van der Waals surface area contributed by atoms with Gasteiger partial charge in [0.05, 0.1) is 0 Å². The normalized spacial score (nSPS) is 12.8. The maximum absolute atomic E-state index is 12.1. The molecule has 0 radical (unpaired) electrons. The minimum absolute atomic E-state index is 0.305. The van der Waals surface area contributed by atoms with E-state index in [1.54, 1.807) is 6.07 Å². The number of halogens is 3. The van der Waals surface area contributed by atoms with Gasteiger partial charge in [0.15, 0.2) is 0 Å². The van der Waals surface area contributed by atoms with Crippen LogP contribution in [0.15, 0.2) is 24.3 Å². The van der Waals surface area contributed by atoms with Gasteiger partial charge in [0, 0.05) is 0 Å². The molecule has 0 saturated carbocycles. The van der Waals surface area contributed by atoms with Gasteiger partial charge in [-0.05, 0) is 30.0 Å². The first-order valence-electron chi connectivity index (χ1n) is 5.21. The van der Waals surface area contributed by atoms with Crippen LogP contribution in [0.2, 0.25) is 0 Å². The molecule has 18 heavy (non-hydrogen) atoms. The van der Waals surface area contributed by atoms with Crippen molar-refractivity contribution < 1.29 is 25.8 Å². The van der Waals surface area contributed by atoms with Crippen molar-refractivity contribution in [1.29, 1.82) is 0 Å². The lowest BCUT2D eigenvalue weighted by Gasteiger charge is -2.11. The molecule has 0 heterocycles. The molecule has 0 unspecified atom stereocenters. The molecule has 0 saturated heterocycles. The van der Waals surface area contributed by atoms with E-state index in [-0.39, 0.29) is 5.75 Å². The Labute approximate surface area is 104 Å². The minimum Gasteiger partial charge on any atom is -0.376 e. The first kappa shape index (κ1) is 14.8. The number of rotatable bonds is 4. The Morgan fingerprint density at radius 1 is 1.28 bits per heavy atom. The second-order valence-electron chi connectivity index (χ2n) is 4.23. The molecule has 0 bridgehead atoms. The molecule has 0 atom stereocenters. The van der Waals surface area contributed by atoms with Crippen molar-refractivity contribution in [2.45, 2.75) is 25.8 Å². The van der Waals surface area contributed by atoms with E-state index in [9.17, 15) is 21.6 Å². The lowest BCUT2D eigenvalue weighted by Crippen LogP contribution is -2.28. The summed E-state index contributed by atoms with van der Waals surface area (Å²) in [6, 6.07) is 5.63. The van der Waals surface area contributed by atoms with E-state index < -0.39 is 15.6 Å². The molecule has 0 aliphatic carbocycles. The van der Waals surface area contributed by atoms with Gasteiger partial charge in [-0.2, -0.15) is 21.6 Å². The number of alkyl halides is 3. The molecule has 1 aromatic carbocycles. The molecule has 1 rings (SSSR count). The van der Waals surface area contributed by atoms with Crippen molar-refractivity contribution >= 4 is 10.1 Å². The minimum atomic E-state index is -5.60. The van der Waals surface area contributed by atoms with Crippen LogP contribution < -0.4 is 4.18 Å².